The Kier molecular flexibility index (Phi) is 7.47. The van der Waals surface area contributed by atoms with E-state index in [1.54, 1.807) is 43.0 Å². The smallest absolute Gasteiger partial charge is 0.346 e. The average Bonchev–Trinajstić information content (AvgIpc) is 3.75. The third kappa shape index (κ3) is 5.40. The maximum Gasteiger partial charge on any atom is 0.346 e. The summed E-state index contributed by atoms with van der Waals surface area (Å²) in [6, 6.07) is 35.2. The van der Waals surface area contributed by atoms with E-state index in [0.29, 0.717) is 0 Å². The number of hydrogen-bond acceptors (Lipinski definition) is 8. The number of hydrogen-bond donors (Lipinski definition) is 1. The van der Waals surface area contributed by atoms with Crippen molar-refractivity contribution in [3.8, 4) is 28.0 Å². The first-order valence-corrected chi connectivity index (χ1v) is 16.3. The molecular weight excluding hydrogens is 621 g/mol. The molecule has 0 aliphatic rings. The summed E-state index contributed by atoms with van der Waals surface area (Å²) < 4.78 is 15.4. The number of thiophene rings is 3. The second-order valence-corrected chi connectivity index (χ2v) is 13.5. The number of anilines is 3. The number of nitrogens with zero attached hydrogens (tertiary/aromatic N) is 2. The van der Waals surface area contributed by atoms with Gasteiger partial charge in [0.1, 0.15) is 23.1 Å². The van der Waals surface area contributed by atoms with Gasteiger partial charge in [-0.2, -0.15) is 5.26 Å². The molecule has 0 unspecified atom stereocenters. The first-order valence-electron chi connectivity index (χ1n) is 13.9. The number of methoxy groups -OCH3 is 2. The van der Waals surface area contributed by atoms with Crippen molar-refractivity contribution in [2.45, 2.75) is 0 Å². The Morgan fingerprint density at radius 1 is 0.711 bits per heavy atom. The van der Waals surface area contributed by atoms with Gasteiger partial charge in [0, 0.05) is 56.4 Å². The topological polar surface area (TPSA) is 82.8 Å². The molecule has 0 atom stereocenters. The molecule has 0 saturated heterocycles. The van der Waals surface area contributed by atoms with Gasteiger partial charge in [0.05, 0.1) is 14.2 Å². The van der Waals surface area contributed by atoms with Gasteiger partial charge in [-0.05, 0) is 90.5 Å². The van der Waals surface area contributed by atoms with Crippen LogP contribution in [0, 0.1) is 11.3 Å². The number of nitriles is 1. The van der Waals surface area contributed by atoms with Gasteiger partial charge in [-0.15, -0.1) is 34.0 Å². The van der Waals surface area contributed by atoms with E-state index in [0.717, 1.165) is 53.3 Å². The van der Waals surface area contributed by atoms with E-state index in [4.69, 9.17) is 14.7 Å². The molecule has 45 heavy (non-hydrogen) atoms. The average molecular weight is 645 g/mol. The van der Waals surface area contributed by atoms with E-state index in [2.05, 4.69) is 71.6 Å². The summed E-state index contributed by atoms with van der Waals surface area (Å²) in [6.07, 6.45) is 1.43. The highest BCUT2D eigenvalue weighted by atomic mass is 32.1. The molecule has 7 aromatic rings. The van der Waals surface area contributed by atoms with Gasteiger partial charge >= 0.3 is 5.97 Å². The monoisotopic (exact) mass is 644 g/mol. The molecule has 3 heterocycles. The Balaban J connectivity index is 1.26. The number of carboxylic acids is 1. The first kappa shape index (κ1) is 28.6. The van der Waals surface area contributed by atoms with Gasteiger partial charge < -0.3 is 19.5 Å². The third-order valence-electron chi connectivity index (χ3n) is 7.52. The van der Waals surface area contributed by atoms with E-state index in [9.17, 15) is 9.90 Å². The van der Waals surface area contributed by atoms with E-state index in [1.165, 1.54) is 37.6 Å². The van der Waals surface area contributed by atoms with Crippen LogP contribution in [-0.2, 0) is 4.79 Å². The van der Waals surface area contributed by atoms with Gasteiger partial charge in [-0.3, -0.25) is 0 Å². The van der Waals surface area contributed by atoms with Crippen molar-refractivity contribution in [1.82, 2.24) is 0 Å². The fourth-order valence-electron chi connectivity index (χ4n) is 5.32. The zero-order valence-corrected chi connectivity index (χ0v) is 26.6. The summed E-state index contributed by atoms with van der Waals surface area (Å²) in [6.45, 7) is 0. The fraction of sp³-hybridized carbons (Fsp3) is 0.0556. The zero-order chi connectivity index (χ0) is 31.1. The second kappa shape index (κ2) is 11.7. The Hall–Kier alpha value is -5.14. The van der Waals surface area contributed by atoms with Crippen LogP contribution in [0.2, 0.25) is 0 Å². The summed E-state index contributed by atoms with van der Waals surface area (Å²) in [4.78, 5) is 15.4. The van der Waals surface area contributed by atoms with E-state index in [1.807, 2.05) is 30.3 Å². The molecule has 4 aromatic carbocycles. The highest BCUT2D eigenvalue weighted by Crippen LogP contribution is 2.44. The van der Waals surface area contributed by atoms with Crippen molar-refractivity contribution in [2.75, 3.05) is 19.1 Å². The number of fused-ring (bicyclic) bond motifs is 4. The molecule has 6 nitrogen and oxygen atoms in total. The fourth-order valence-corrected chi connectivity index (χ4v) is 8.85. The Labute approximate surface area is 270 Å². The second-order valence-electron chi connectivity index (χ2n) is 10.2. The number of carboxylic acid groups (broad SMARTS) is 1. The molecule has 0 saturated carbocycles. The van der Waals surface area contributed by atoms with E-state index >= 15 is 0 Å². The molecule has 220 valence electrons. The molecule has 7 rings (SSSR count). The number of benzene rings is 4. The molecule has 3 aromatic heterocycles. The standard InChI is InChI=1S/C36H24N2O4S3/c1-41-26-9-4-23(5-10-26)38(24-6-11-27(42-2)12-7-24)25-8-14-30-29-13-3-21(16-32(29)45-33(30)17-25)31-19-35-34(44-31)18-28(43-35)15-22(20-37)36(39)40/h3-19H,1-2H3,(H,39,40)/b22-15+. The maximum atomic E-state index is 11.2. The van der Waals surface area contributed by atoms with Gasteiger partial charge in [-0.25, -0.2) is 4.79 Å². The zero-order valence-electron chi connectivity index (χ0n) is 24.1. The molecule has 0 aliphatic heterocycles. The molecule has 1 N–H and O–H groups in total. The quantitative estimate of drug-likeness (QED) is 0.131. The molecule has 0 radical (unpaired) electrons. The van der Waals surface area contributed by atoms with Gasteiger partial charge in [0.15, 0.2) is 0 Å². The number of rotatable bonds is 8. The number of ether oxygens (including phenoxy) is 2. The van der Waals surface area contributed by atoms with Crippen LogP contribution in [0.1, 0.15) is 4.88 Å². The molecule has 9 heteroatoms. The van der Waals surface area contributed by atoms with Crippen LogP contribution in [0.3, 0.4) is 0 Å². The Morgan fingerprint density at radius 2 is 1.29 bits per heavy atom. The number of carbonyl (C=O) groups is 1. The van der Waals surface area contributed by atoms with Crippen molar-refractivity contribution in [3.05, 3.63) is 108 Å². The lowest BCUT2D eigenvalue weighted by atomic mass is 10.1. The summed E-state index contributed by atoms with van der Waals surface area (Å²) in [5.41, 5.74) is 3.97. The van der Waals surface area contributed by atoms with Crippen molar-refractivity contribution >= 4 is 92.7 Å². The minimum atomic E-state index is -1.21. The van der Waals surface area contributed by atoms with Crippen LogP contribution in [0.4, 0.5) is 17.1 Å². The van der Waals surface area contributed by atoms with Crippen LogP contribution in [-0.4, -0.2) is 25.3 Å². The molecular formula is C36H24N2O4S3. The molecule has 0 amide bonds. The van der Waals surface area contributed by atoms with Crippen LogP contribution < -0.4 is 14.4 Å². The van der Waals surface area contributed by atoms with Gasteiger partial charge in [-0.1, -0.05) is 18.2 Å². The Morgan fingerprint density at radius 3 is 1.87 bits per heavy atom. The predicted octanol–water partition coefficient (Wildman–Crippen LogP) is 10.5. The van der Waals surface area contributed by atoms with Crippen molar-refractivity contribution < 1.29 is 19.4 Å². The van der Waals surface area contributed by atoms with Crippen LogP contribution >= 0.6 is 34.0 Å². The lowest BCUT2D eigenvalue weighted by molar-refractivity contribution is -0.132. The maximum absolute atomic E-state index is 11.2. The Bertz CT molecular complexity index is 2210. The predicted molar refractivity (Wildman–Crippen MR) is 187 cm³/mol. The number of aliphatic carboxylic acids is 1. The molecule has 0 spiro atoms. The van der Waals surface area contributed by atoms with Crippen LogP contribution in [0.15, 0.2) is 103 Å². The lowest BCUT2D eigenvalue weighted by Crippen LogP contribution is -2.09. The largest absolute Gasteiger partial charge is 0.497 e. The summed E-state index contributed by atoms with van der Waals surface area (Å²) >= 11 is 4.93. The first-order chi connectivity index (χ1) is 21.9. The van der Waals surface area contributed by atoms with Gasteiger partial charge in [0.2, 0.25) is 0 Å². The van der Waals surface area contributed by atoms with Gasteiger partial charge in [0.25, 0.3) is 0 Å². The third-order valence-corrected chi connectivity index (χ3v) is 10.9. The minimum absolute atomic E-state index is 0.265. The summed E-state index contributed by atoms with van der Waals surface area (Å²) in [7, 11) is 3.34. The van der Waals surface area contributed by atoms with Crippen molar-refractivity contribution in [3.63, 3.8) is 0 Å². The molecule has 0 fully saturated rings. The molecule has 0 bridgehead atoms. The van der Waals surface area contributed by atoms with Crippen molar-refractivity contribution in [2.24, 2.45) is 0 Å². The lowest BCUT2D eigenvalue weighted by Gasteiger charge is -2.26. The van der Waals surface area contributed by atoms with E-state index < -0.39 is 5.97 Å². The minimum Gasteiger partial charge on any atom is -0.497 e. The summed E-state index contributed by atoms with van der Waals surface area (Å²) in [5.74, 6) is 0.393. The summed E-state index contributed by atoms with van der Waals surface area (Å²) in [5, 5.41) is 20.7. The van der Waals surface area contributed by atoms with Crippen molar-refractivity contribution in [1.29, 1.82) is 5.26 Å². The molecule has 0 aliphatic carbocycles. The van der Waals surface area contributed by atoms with Crippen LogP contribution in [0.5, 0.6) is 11.5 Å². The van der Waals surface area contributed by atoms with Crippen LogP contribution in [0.25, 0.3) is 46.1 Å². The SMILES string of the molecule is COc1ccc(N(c2ccc(OC)cc2)c2ccc3c(c2)sc2cc(-c4cc5sc(/C=C(\C#N)C(=O)O)cc5s4)ccc23)cc1. The highest BCUT2D eigenvalue weighted by Gasteiger charge is 2.16. The van der Waals surface area contributed by atoms with E-state index in [-0.39, 0.29) is 5.57 Å². The highest BCUT2D eigenvalue weighted by molar-refractivity contribution is 7.30. The normalized spacial score (nSPS) is 11.6.